The van der Waals surface area contributed by atoms with Gasteiger partial charge in [0.05, 0.1) is 31.8 Å². The van der Waals surface area contributed by atoms with Gasteiger partial charge in [0, 0.05) is 73.4 Å². The molecule has 2 amide bonds. The van der Waals surface area contributed by atoms with E-state index in [0.717, 1.165) is 103 Å². The van der Waals surface area contributed by atoms with Crippen LogP contribution < -0.4 is 34.1 Å². The maximum absolute atomic E-state index is 13.0. The van der Waals surface area contributed by atoms with Crippen molar-refractivity contribution >= 4 is 70.4 Å². The Kier molecular flexibility index (Phi) is 44.9. The second kappa shape index (κ2) is 51.8. The van der Waals surface area contributed by atoms with E-state index in [1.165, 1.54) is 133 Å². The van der Waals surface area contributed by atoms with Crippen LogP contribution >= 0.6 is 7.82 Å². The number of esters is 2. The van der Waals surface area contributed by atoms with Crippen molar-refractivity contribution in [3.05, 3.63) is 144 Å². The number of carbonyl (C=O) groups excluding carboxylic acids is 4. The van der Waals surface area contributed by atoms with Crippen LogP contribution in [0.2, 0.25) is 0 Å². The van der Waals surface area contributed by atoms with Crippen molar-refractivity contribution in [2.75, 3.05) is 71.2 Å². The summed E-state index contributed by atoms with van der Waals surface area (Å²) in [7, 11) is -2.53. The first-order chi connectivity index (χ1) is 50.0. The number of nitrogens with one attached hydrogen (secondary N) is 2. The molecule has 6 rings (SSSR count). The molecule has 6 N–H and O–H groups in total. The summed E-state index contributed by atoms with van der Waals surface area (Å²) in [5.74, 6) is -1.01. The van der Waals surface area contributed by atoms with Crippen LogP contribution in [0.1, 0.15) is 258 Å². The Balaban J connectivity index is 0.0000117. The summed E-state index contributed by atoms with van der Waals surface area (Å²) in [6, 6.07) is 26.2. The minimum atomic E-state index is -4.69. The van der Waals surface area contributed by atoms with Crippen LogP contribution in [0.25, 0.3) is 21.5 Å². The quantitative estimate of drug-likeness (QED) is 0.00614. The Morgan fingerprint density at radius 3 is 1.68 bits per heavy atom. The molecule has 2 aliphatic rings. The van der Waals surface area contributed by atoms with Crippen LogP contribution in [0, 0.1) is 0 Å². The summed E-state index contributed by atoms with van der Waals surface area (Å²) in [6.07, 6.45) is 51.1. The normalized spacial score (nSPS) is 15.0. The van der Waals surface area contributed by atoms with Crippen LogP contribution in [0.4, 0.5) is 16.2 Å². The lowest BCUT2D eigenvalue weighted by atomic mass is 9.79. The summed E-state index contributed by atoms with van der Waals surface area (Å²) in [5, 5.41) is 10.4. The van der Waals surface area contributed by atoms with Gasteiger partial charge in [-0.05, 0) is 136 Å². The third-order valence-corrected chi connectivity index (χ3v) is 20.7. The van der Waals surface area contributed by atoms with Crippen molar-refractivity contribution in [3.63, 3.8) is 0 Å². The van der Waals surface area contributed by atoms with Gasteiger partial charge in [-0.1, -0.05) is 234 Å². The smallest absolute Gasteiger partial charge is 0.472 e. The number of ether oxygens (including phenoxy) is 4. The Hall–Kier alpha value is -6.43. The molecule has 4 aromatic carbocycles. The second-order valence-corrected chi connectivity index (χ2v) is 30.4. The number of hydrogen-bond donors (Lipinski definition) is 4. The van der Waals surface area contributed by atoms with E-state index in [-0.39, 0.29) is 81.1 Å². The number of halogens is 1. The first-order valence-electron chi connectivity index (χ1n) is 39.5. The topological polar surface area (TPSA) is 226 Å². The Labute approximate surface area is 636 Å². The monoisotopic (exact) mass is 1490 g/mol. The maximum atomic E-state index is 13.0. The SMILES string of the molecule is CCCCCCCC/C=C\CCCCCCCC(=O)OC[C@H](COP(=O)(O)OCCNC(=O)OCCOCCNC(=O)CCCCCN1C(=CC=CC=CC2=[N+](C)c3ccc4ccccc4c3C2(C)C)C(C)(C)c2c1ccc1ccccc21)OC(=O)CCCCCCC/C=C\CCCCCCCC.N.[Cl-]. The number of rotatable bonds is 55. The average Bonchev–Trinajstić information content (AvgIpc) is 1.59. The Morgan fingerprint density at radius 2 is 1.07 bits per heavy atom. The van der Waals surface area contributed by atoms with Crippen LogP contribution in [0.3, 0.4) is 0 Å². The summed E-state index contributed by atoms with van der Waals surface area (Å²) in [4.78, 5) is 64.0. The molecule has 17 nitrogen and oxygen atoms in total. The molecule has 0 bridgehead atoms. The van der Waals surface area contributed by atoms with E-state index >= 15 is 0 Å². The molecule has 0 fully saturated rings. The fourth-order valence-electron chi connectivity index (χ4n) is 14.1. The van der Waals surface area contributed by atoms with Gasteiger partial charge in [0.1, 0.15) is 20.3 Å². The highest BCUT2D eigenvalue weighted by atomic mass is 35.5. The Morgan fingerprint density at radius 1 is 0.543 bits per heavy atom. The van der Waals surface area contributed by atoms with Crippen molar-refractivity contribution in [1.82, 2.24) is 16.8 Å². The molecular weight excluding hydrogens is 1360 g/mol. The van der Waals surface area contributed by atoms with Gasteiger partial charge in [0.2, 0.25) is 11.6 Å². The van der Waals surface area contributed by atoms with Gasteiger partial charge in [-0.3, -0.25) is 23.4 Å². The maximum Gasteiger partial charge on any atom is 0.472 e. The van der Waals surface area contributed by atoms with Crippen LogP contribution in [-0.2, 0) is 57.8 Å². The fraction of sp³-hybridized carbons (Fsp3) is 0.593. The van der Waals surface area contributed by atoms with Crippen molar-refractivity contribution in [1.29, 1.82) is 0 Å². The van der Waals surface area contributed by atoms with Crippen molar-refractivity contribution in [2.24, 2.45) is 0 Å². The molecule has 2 atom stereocenters. The lowest BCUT2D eigenvalue weighted by Crippen LogP contribution is -3.00. The third-order valence-electron chi connectivity index (χ3n) is 19.8. The number of carbonyl (C=O) groups is 4. The molecule has 584 valence electrons. The number of phosphoric ester groups is 1. The number of phosphoric acid groups is 1. The van der Waals surface area contributed by atoms with Crippen LogP contribution in [0.15, 0.2) is 133 Å². The molecule has 2 aliphatic heterocycles. The number of unbranched alkanes of at least 4 members (excludes halogenated alkanes) is 24. The molecule has 0 saturated heterocycles. The molecule has 0 aliphatic carbocycles. The van der Waals surface area contributed by atoms with Crippen molar-refractivity contribution in [2.45, 2.75) is 264 Å². The van der Waals surface area contributed by atoms with E-state index in [4.69, 9.17) is 28.0 Å². The number of amides is 2. The van der Waals surface area contributed by atoms with E-state index in [1.807, 2.05) is 0 Å². The van der Waals surface area contributed by atoms with Crippen molar-refractivity contribution < 1.29 is 73.6 Å². The molecule has 0 aromatic heterocycles. The molecule has 19 heteroatoms. The van der Waals surface area contributed by atoms with Gasteiger partial charge in [-0.25, -0.2) is 9.36 Å². The Bertz CT molecular complexity index is 3450. The molecule has 0 spiro atoms. The first-order valence-corrected chi connectivity index (χ1v) is 41.0. The largest absolute Gasteiger partial charge is 1.00 e. The second-order valence-electron chi connectivity index (χ2n) is 28.9. The minimum Gasteiger partial charge on any atom is -1.00 e. The van der Waals surface area contributed by atoms with E-state index in [1.54, 1.807) is 0 Å². The third kappa shape index (κ3) is 32.9. The first kappa shape index (κ1) is 91.0. The molecule has 105 heavy (non-hydrogen) atoms. The number of benzene rings is 4. The van der Waals surface area contributed by atoms with E-state index < -0.39 is 45.2 Å². The lowest BCUT2D eigenvalue weighted by molar-refractivity contribution is -0.401. The van der Waals surface area contributed by atoms with Crippen molar-refractivity contribution in [3.8, 4) is 0 Å². The molecule has 0 saturated carbocycles. The van der Waals surface area contributed by atoms with Gasteiger partial charge in [0.15, 0.2) is 11.8 Å². The summed E-state index contributed by atoms with van der Waals surface area (Å²) in [5.41, 5.74) is 7.25. The number of nitrogens with zero attached hydrogens (tertiary/aromatic N) is 2. The summed E-state index contributed by atoms with van der Waals surface area (Å²) >= 11 is 0. The van der Waals surface area contributed by atoms with E-state index in [0.29, 0.717) is 25.8 Å². The lowest BCUT2D eigenvalue weighted by Gasteiger charge is -2.27. The highest BCUT2D eigenvalue weighted by Crippen LogP contribution is 2.51. The molecule has 2 heterocycles. The van der Waals surface area contributed by atoms with Gasteiger partial charge in [-0.2, -0.15) is 4.58 Å². The predicted octanol–water partition coefficient (Wildman–Crippen LogP) is 18.0. The predicted molar refractivity (Wildman–Crippen MR) is 427 cm³/mol. The van der Waals surface area contributed by atoms with E-state index in [2.05, 4.69) is 196 Å². The molecule has 1 unspecified atom stereocenters. The van der Waals surface area contributed by atoms with Crippen LogP contribution in [-0.4, -0.2) is 112 Å². The number of fused-ring (bicyclic) bond motifs is 6. The number of hydrogen-bond acceptors (Lipinski definition) is 13. The highest BCUT2D eigenvalue weighted by Gasteiger charge is 2.44. The zero-order chi connectivity index (χ0) is 73.8. The summed E-state index contributed by atoms with van der Waals surface area (Å²) in [6.45, 7) is 13.7. The fourth-order valence-corrected chi connectivity index (χ4v) is 14.8. The standard InChI is InChI=1S/C86H127N4O12P.ClH.H3N/c1-8-10-12-14-16-18-20-22-24-26-28-30-32-34-41-55-80(92)99-68-72(102-81(93)56-42-35-33-31-29-27-25-23-21-19-17-15-13-11-9-2)69-101-103(95,96)100-65-62-88-84(94)98-67-66-97-64-61-87-79(91)54-40-37-47-63-90-76-60-58-71-49-44-46-51-74(71)83(76)86(5,6)78(90)53-39-36-38-52-77-85(3,4)82-73-50-45-43-48-70(73)57-59-75(82)89(77)7;;/h22-25,36,38-39,43-46,48-53,57-60,72H,8-21,26-35,37,40-42,47,54-56,61-69H2,1-7H3,(H2-,87,88,91,94,95,96);1H;1H3/b24-22-,25-23-;;/t72-;;/m1../s1. The number of allylic oxidation sites excluding steroid dienone is 10. The average molecular weight is 1490 g/mol. The van der Waals surface area contributed by atoms with Gasteiger partial charge < -0.3 is 57.9 Å². The highest BCUT2D eigenvalue weighted by molar-refractivity contribution is 7.47. The zero-order valence-electron chi connectivity index (χ0n) is 65.1. The van der Waals surface area contributed by atoms with Crippen LogP contribution in [0.5, 0.6) is 0 Å². The molecule has 4 aromatic rings. The van der Waals surface area contributed by atoms with Gasteiger partial charge in [0.25, 0.3) is 0 Å². The summed E-state index contributed by atoms with van der Waals surface area (Å²) < 4.78 is 47.4. The number of anilines is 1. The van der Waals surface area contributed by atoms with Gasteiger partial charge >= 0.3 is 25.9 Å². The molecule has 0 radical (unpaired) electrons. The zero-order valence-corrected chi connectivity index (χ0v) is 66.7. The van der Waals surface area contributed by atoms with Gasteiger partial charge in [-0.15, -0.1) is 0 Å². The number of alkyl carbamates (subject to hydrolysis) is 1. The molecular formula is C86H131ClN5O12P. The van der Waals surface area contributed by atoms with E-state index in [9.17, 15) is 28.6 Å². The minimum absolute atomic E-state index is 0.